The molecule has 0 saturated heterocycles. The molecular weight excluding hydrogens is 350 g/mol. The number of carbonyl (C=O) groups excluding carboxylic acids is 1. The molecule has 25 heavy (non-hydrogen) atoms. The van der Waals surface area contributed by atoms with Crippen molar-refractivity contribution in [2.24, 2.45) is 0 Å². The van der Waals surface area contributed by atoms with Crippen molar-refractivity contribution in [1.29, 1.82) is 0 Å². The Morgan fingerprint density at radius 1 is 1.08 bits per heavy atom. The van der Waals surface area contributed by atoms with E-state index in [1.807, 2.05) is 49.4 Å². The molecule has 2 rings (SSSR count). The maximum atomic E-state index is 11.9. The van der Waals surface area contributed by atoms with Gasteiger partial charge in [-0.25, -0.2) is 0 Å². The summed E-state index contributed by atoms with van der Waals surface area (Å²) in [7, 11) is 0. The third-order valence-electron chi connectivity index (χ3n) is 3.71. The predicted octanol–water partition coefficient (Wildman–Crippen LogP) is 3.48. The van der Waals surface area contributed by atoms with E-state index in [4.69, 9.17) is 12.2 Å². The van der Waals surface area contributed by atoms with E-state index >= 15 is 0 Å². The lowest BCUT2D eigenvalue weighted by molar-refractivity contribution is -0.119. The zero-order valence-electron chi connectivity index (χ0n) is 14.4. The van der Waals surface area contributed by atoms with Gasteiger partial charge in [-0.15, -0.1) is 11.8 Å². The molecule has 0 spiro atoms. The first-order valence-electron chi connectivity index (χ1n) is 8.09. The minimum absolute atomic E-state index is 0.0635. The average Bonchev–Trinajstić information content (AvgIpc) is 2.62. The summed E-state index contributed by atoms with van der Waals surface area (Å²) >= 11 is 6.79. The van der Waals surface area contributed by atoms with E-state index in [2.05, 4.69) is 35.2 Å². The smallest absolute Gasteiger partial charge is 0.248 e. The van der Waals surface area contributed by atoms with Crippen molar-refractivity contribution in [1.82, 2.24) is 16.2 Å². The fourth-order valence-electron chi connectivity index (χ4n) is 2.25. The summed E-state index contributed by atoms with van der Waals surface area (Å²) in [4.78, 5) is 11.9. The zero-order valence-corrected chi connectivity index (χ0v) is 16.0. The van der Waals surface area contributed by atoms with Crippen molar-refractivity contribution in [3.05, 3.63) is 71.3 Å². The first kappa shape index (κ1) is 19.3. The molecule has 0 aromatic heterocycles. The van der Waals surface area contributed by atoms with Crippen LogP contribution in [0, 0.1) is 6.92 Å². The van der Waals surface area contributed by atoms with Gasteiger partial charge in [0.05, 0.1) is 11.8 Å². The molecule has 0 fully saturated rings. The van der Waals surface area contributed by atoms with Gasteiger partial charge in [-0.2, -0.15) is 0 Å². The van der Waals surface area contributed by atoms with E-state index in [1.165, 1.54) is 11.1 Å². The summed E-state index contributed by atoms with van der Waals surface area (Å²) in [5.41, 5.74) is 9.00. The van der Waals surface area contributed by atoms with Crippen LogP contribution in [0.15, 0.2) is 54.6 Å². The molecule has 0 unspecified atom stereocenters. The number of thioether (sulfide) groups is 1. The van der Waals surface area contributed by atoms with Crippen LogP contribution in [-0.4, -0.2) is 16.8 Å². The van der Waals surface area contributed by atoms with Gasteiger partial charge in [0.1, 0.15) is 0 Å². The third-order valence-corrected chi connectivity index (χ3v) is 4.92. The van der Waals surface area contributed by atoms with Gasteiger partial charge in [-0.05, 0) is 42.8 Å². The predicted molar refractivity (Wildman–Crippen MR) is 109 cm³/mol. The van der Waals surface area contributed by atoms with Gasteiger partial charge in [0.15, 0.2) is 5.11 Å². The summed E-state index contributed by atoms with van der Waals surface area (Å²) in [5.74, 6) is 1.08. The quantitative estimate of drug-likeness (QED) is 0.535. The average molecular weight is 374 g/mol. The standard InChI is InChI=1S/C19H23N3OS2/c1-14-8-6-7-11-17(14)12-25-13-18(23)21-22-19(24)20-15(2)16-9-4-3-5-10-16/h3-11,15H,12-13H2,1-2H3,(H,21,23)(H2,20,22,24)/t15-/m0/s1. The van der Waals surface area contributed by atoms with E-state index in [0.717, 1.165) is 11.3 Å². The molecule has 3 N–H and O–H groups in total. The number of carbonyl (C=O) groups is 1. The first-order valence-corrected chi connectivity index (χ1v) is 9.65. The molecule has 0 aliphatic rings. The van der Waals surface area contributed by atoms with Gasteiger partial charge in [0.25, 0.3) is 0 Å². The van der Waals surface area contributed by atoms with E-state index in [9.17, 15) is 4.79 Å². The maximum absolute atomic E-state index is 11.9. The molecule has 0 bridgehead atoms. The summed E-state index contributed by atoms with van der Waals surface area (Å²) in [6.07, 6.45) is 0. The van der Waals surface area contributed by atoms with Crippen molar-refractivity contribution in [3.8, 4) is 0 Å². The molecule has 0 aliphatic carbocycles. The molecule has 6 heteroatoms. The number of hydrogen-bond donors (Lipinski definition) is 3. The molecule has 0 radical (unpaired) electrons. The Morgan fingerprint density at radius 2 is 1.76 bits per heavy atom. The first-order chi connectivity index (χ1) is 12.1. The van der Waals surface area contributed by atoms with Crippen molar-refractivity contribution in [3.63, 3.8) is 0 Å². The van der Waals surface area contributed by atoms with Gasteiger partial charge in [0.2, 0.25) is 5.91 Å². The van der Waals surface area contributed by atoms with Gasteiger partial charge in [-0.3, -0.25) is 15.6 Å². The molecule has 4 nitrogen and oxygen atoms in total. The van der Waals surface area contributed by atoms with Crippen molar-refractivity contribution in [2.75, 3.05) is 5.75 Å². The number of benzene rings is 2. The number of nitrogens with one attached hydrogen (secondary N) is 3. The van der Waals surface area contributed by atoms with Crippen LogP contribution in [0.3, 0.4) is 0 Å². The van der Waals surface area contributed by atoms with Gasteiger partial charge in [0, 0.05) is 5.75 Å². The molecule has 1 amide bonds. The van der Waals surface area contributed by atoms with E-state index in [0.29, 0.717) is 10.9 Å². The zero-order chi connectivity index (χ0) is 18.1. The van der Waals surface area contributed by atoms with Crippen LogP contribution in [-0.2, 0) is 10.5 Å². The summed E-state index contributed by atoms with van der Waals surface area (Å²) in [5, 5.41) is 3.54. The highest BCUT2D eigenvalue weighted by atomic mass is 32.2. The van der Waals surface area contributed by atoms with Gasteiger partial charge in [-0.1, -0.05) is 54.6 Å². The number of aryl methyl sites for hydroxylation is 1. The Kier molecular flexibility index (Phi) is 7.76. The Morgan fingerprint density at radius 3 is 2.48 bits per heavy atom. The van der Waals surface area contributed by atoms with E-state index in [-0.39, 0.29) is 11.9 Å². The minimum atomic E-state index is -0.102. The Bertz CT molecular complexity index is 707. The van der Waals surface area contributed by atoms with Crippen molar-refractivity contribution < 1.29 is 4.79 Å². The maximum Gasteiger partial charge on any atom is 0.248 e. The second-order valence-corrected chi connectivity index (χ2v) is 7.09. The molecule has 0 saturated carbocycles. The lowest BCUT2D eigenvalue weighted by Crippen LogP contribution is -2.47. The third kappa shape index (κ3) is 6.76. The molecule has 2 aromatic rings. The highest BCUT2D eigenvalue weighted by molar-refractivity contribution is 7.99. The Labute approximate surface area is 158 Å². The van der Waals surface area contributed by atoms with Crippen LogP contribution >= 0.6 is 24.0 Å². The van der Waals surface area contributed by atoms with E-state index < -0.39 is 0 Å². The van der Waals surface area contributed by atoms with E-state index in [1.54, 1.807) is 11.8 Å². The highest BCUT2D eigenvalue weighted by Crippen LogP contribution is 2.15. The normalized spacial score (nSPS) is 11.4. The fraction of sp³-hybridized carbons (Fsp3) is 0.263. The van der Waals surface area contributed by atoms with Crippen LogP contribution in [0.2, 0.25) is 0 Å². The monoisotopic (exact) mass is 373 g/mol. The molecule has 1 atom stereocenters. The second-order valence-electron chi connectivity index (χ2n) is 5.70. The van der Waals surface area contributed by atoms with Crippen LogP contribution in [0.4, 0.5) is 0 Å². The topological polar surface area (TPSA) is 53.2 Å². The lowest BCUT2D eigenvalue weighted by Gasteiger charge is -2.17. The molecule has 0 aliphatic heterocycles. The van der Waals surface area contributed by atoms with Crippen LogP contribution in [0.1, 0.15) is 29.7 Å². The fourth-order valence-corrected chi connectivity index (χ4v) is 3.38. The number of thiocarbonyl (C=S) groups is 1. The van der Waals surface area contributed by atoms with Crippen LogP contribution in [0.25, 0.3) is 0 Å². The van der Waals surface area contributed by atoms with Gasteiger partial charge >= 0.3 is 0 Å². The molecular formula is C19H23N3OS2. The summed E-state index contributed by atoms with van der Waals surface area (Å²) in [6.45, 7) is 4.10. The number of hydrazine groups is 1. The van der Waals surface area contributed by atoms with Crippen LogP contribution < -0.4 is 16.2 Å². The molecule has 2 aromatic carbocycles. The lowest BCUT2D eigenvalue weighted by atomic mass is 10.1. The second kappa shape index (κ2) is 10.1. The summed E-state index contributed by atoms with van der Waals surface area (Å²) in [6, 6.07) is 18.3. The summed E-state index contributed by atoms with van der Waals surface area (Å²) < 4.78 is 0. The van der Waals surface area contributed by atoms with Crippen molar-refractivity contribution >= 4 is 35.0 Å². The molecule has 0 heterocycles. The SMILES string of the molecule is Cc1ccccc1CSCC(=O)NNC(=S)N[C@@H](C)c1ccccc1. The Hall–Kier alpha value is -2.05. The number of amides is 1. The minimum Gasteiger partial charge on any atom is -0.355 e. The van der Waals surface area contributed by atoms with Crippen LogP contribution in [0.5, 0.6) is 0 Å². The Balaban J connectivity index is 1.66. The number of hydrogen-bond acceptors (Lipinski definition) is 3. The highest BCUT2D eigenvalue weighted by Gasteiger charge is 2.07. The van der Waals surface area contributed by atoms with Crippen molar-refractivity contribution in [2.45, 2.75) is 25.6 Å². The van der Waals surface area contributed by atoms with Gasteiger partial charge < -0.3 is 5.32 Å². The number of rotatable bonds is 6. The largest absolute Gasteiger partial charge is 0.355 e. The molecule has 132 valence electrons.